The molecule has 20 heavy (non-hydrogen) atoms. The van der Waals surface area contributed by atoms with Gasteiger partial charge in [0.1, 0.15) is 5.66 Å². The van der Waals surface area contributed by atoms with Crippen LogP contribution in [-0.4, -0.2) is 37.2 Å². The van der Waals surface area contributed by atoms with E-state index in [1.807, 2.05) is 0 Å². The number of hydrogen-bond acceptors (Lipinski definition) is 5. The Bertz CT molecular complexity index is 357. The minimum atomic E-state index is -5.18. The maximum Gasteiger partial charge on any atom is 0.412 e. The van der Waals surface area contributed by atoms with Crippen LogP contribution in [0.4, 0.5) is 26.3 Å². The molecule has 0 amide bonds. The number of carbonyl (C=O) groups excluding carboxylic acids is 1. The molecule has 120 valence electrons. The van der Waals surface area contributed by atoms with Gasteiger partial charge < -0.3 is 9.90 Å². The van der Waals surface area contributed by atoms with Gasteiger partial charge in [-0.1, -0.05) is 6.92 Å². The predicted molar refractivity (Wildman–Crippen MR) is 50.7 cm³/mol. The van der Waals surface area contributed by atoms with E-state index in [-0.39, 0.29) is 0 Å². The molecule has 0 aliphatic heterocycles. The van der Waals surface area contributed by atoms with Crippen LogP contribution in [-0.2, 0) is 18.4 Å². The SMILES string of the molecule is CCC(C(=O)[O-])P(=O)(OCC(F)(F)F)OCC(F)(F)F. The number of carboxylic acids is 1. The van der Waals surface area contributed by atoms with Crippen molar-refractivity contribution in [3.05, 3.63) is 0 Å². The van der Waals surface area contributed by atoms with Crippen molar-refractivity contribution in [2.45, 2.75) is 31.4 Å². The van der Waals surface area contributed by atoms with Crippen LogP contribution < -0.4 is 5.11 Å². The first-order valence-electron chi connectivity index (χ1n) is 5.04. The summed E-state index contributed by atoms with van der Waals surface area (Å²) in [5, 5.41) is 10.6. The molecular formula is C8H10F6O5P-. The third-order valence-corrected chi connectivity index (χ3v) is 4.17. The van der Waals surface area contributed by atoms with E-state index >= 15 is 0 Å². The third-order valence-electron chi connectivity index (χ3n) is 1.86. The molecule has 0 fully saturated rings. The van der Waals surface area contributed by atoms with E-state index in [9.17, 15) is 40.8 Å². The van der Waals surface area contributed by atoms with Crippen LogP contribution in [0.25, 0.3) is 0 Å². The van der Waals surface area contributed by atoms with Gasteiger partial charge >= 0.3 is 19.9 Å². The minimum absolute atomic E-state index is 0.588. The van der Waals surface area contributed by atoms with Crippen molar-refractivity contribution < 1.29 is 49.9 Å². The Labute approximate surface area is 109 Å². The second-order valence-electron chi connectivity index (χ2n) is 3.56. The number of aliphatic carboxylic acids is 1. The van der Waals surface area contributed by atoms with E-state index in [1.165, 1.54) is 0 Å². The molecule has 0 spiro atoms. The van der Waals surface area contributed by atoms with E-state index in [4.69, 9.17) is 0 Å². The Hall–Kier alpha value is -0.800. The molecule has 0 heterocycles. The summed E-state index contributed by atoms with van der Waals surface area (Å²) < 4.78 is 91.0. The lowest BCUT2D eigenvalue weighted by atomic mass is 10.3. The van der Waals surface area contributed by atoms with Crippen LogP contribution >= 0.6 is 7.60 Å². The van der Waals surface area contributed by atoms with Gasteiger partial charge in [0, 0.05) is 0 Å². The van der Waals surface area contributed by atoms with Gasteiger partial charge in [-0.25, -0.2) is 0 Å². The highest BCUT2D eigenvalue weighted by atomic mass is 31.2. The largest absolute Gasteiger partial charge is 0.549 e. The molecule has 0 aromatic carbocycles. The third kappa shape index (κ3) is 7.11. The molecule has 0 aromatic rings. The zero-order chi connectivity index (χ0) is 16.2. The van der Waals surface area contributed by atoms with Crippen LogP contribution in [0, 0.1) is 0 Å². The zero-order valence-electron chi connectivity index (χ0n) is 9.95. The summed E-state index contributed by atoms with van der Waals surface area (Å²) in [6, 6.07) is 0. The van der Waals surface area contributed by atoms with Crippen LogP contribution in [0.2, 0.25) is 0 Å². The number of carboxylic acid groups (broad SMARTS) is 1. The average molecular weight is 331 g/mol. The summed E-state index contributed by atoms with van der Waals surface area (Å²) in [7, 11) is -5.18. The van der Waals surface area contributed by atoms with Crippen molar-refractivity contribution in [3.63, 3.8) is 0 Å². The number of rotatable bonds is 7. The average Bonchev–Trinajstić information content (AvgIpc) is 2.22. The normalized spacial score (nSPS) is 15.2. The fourth-order valence-corrected chi connectivity index (χ4v) is 2.86. The van der Waals surface area contributed by atoms with Gasteiger partial charge in [0.15, 0.2) is 13.2 Å². The fraction of sp³-hybridized carbons (Fsp3) is 0.875. The monoisotopic (exact) mass is 331 g/mol. The Morgan fingerprint density at radius 2 is 1.45 bits per heavy atom. The Morgan fingerprint density at radius 1 is 1.10 bits per heavy atom. The highest BCUT2D eigenvalue weighted by molar-refractivity contribution is 7.55. The maximum atomic E-state index is 11.9. The molecule has 0 aromatic heterocycles. The quantitative estimate of drug-likeness (QED) is 0.526. The molecule has 0 aliphatic rings. The lowest BCUT2D eigenvalue weighted by Crippen LogP contribution is -2.37. The van der Waals surface area contributed by atoms with Gasteiger partial charge in [-0.3, -0.25) is 13.6 Å². The van der Waals surface area contributed by atoms with Gasteiger partial charge in [0.25, 0.3) is 0 Å². The van der Waals surface area contributed by atoms with Crippen LogP contribution in [0.5, 0.6) is 0 Å². The number of carbonyl (C=O) groups is 1. The summed E-state index contributed by atoms with van der Waals surface area (Å²) in [6.45, 7) is -3.33. The first kappa shape index (κ1) is 19.2. The van der Waals surface area contributed by atoms with Gasteiger partial charge in [0.2, 0.25) is 0 Å². The second-order valence-corrected chi connectivity index (χ2v) is 5.78. The highest BCUT2D eigenvalue weighted by Crippen LogP contribution is 2.55. The van der Waals surface area contributed by atoms with Crippen molar-refractivity contribution in [2.24, 2.45) is 0 Å². The van der Waals surface area contributed by atoms with Crippen LogP contribution in [0.3, 0.4) is 0 Å². The molecule has 5 nitrogen and oxygen atoms in total. The predicted octanol–water partition coefficient (Wildman–Crippen LogP) is 1.87. The molecule has 12 heteroatoms. The lowest BCUT2D eigenvalue weighted by Gasteiger charge is -2.27. The molecular weight excluding hydrogens is 321 g/mol. The summed E-state index contributed by atoms with van der Waals surface area (Å²) in [4.78, 5) is 10.6. The van der Waals surface area contributed by atoms with Gasteiger partial charge in [-0.05, 0) is 6.42 Å². The molecule has 0 N–H and O–H groups in total. The molecule has 1 atom stereocenters. The molecule has 0 radical (unpaired) electrons. The van der Waals surface area contributed by atoms with Crippen molar-refractivity contribution in [2.75, 3.05) is 13.2 Å². The molecule has 0 aliphatic carbocycles. The van der Waals surface area contributed by atoms with Gasteiger partial charge in [0.05, 0.1) is 5.97 Å². The maximum absolute atomic E-state index is 11.9. The lowest BCUT2D eigenvalue weighted by molar-refractivity contribution is -0.305. The van der Waals surface area contributed by atoms with E-state index in [0.29, 0.717) is 0 Å². The number of alkyl halides is 6. The highest BCUT2D eigenvalue weighted by Gasteiger charge is 2.43. The topological polar surface area (TPSA) is 75.7 Å². The van der Waals surface area contributed by atoms with E-state index in [2.05, 4.69) is 9.05 Å². The van der Waals surface area contributed by atoms with Crippen molar-refractivity contribution >= 4 is 13.6 Å². The molecule has 0 saturated carbocycles. The van der Waals surface area contributed by atoms with Crippen molar-refractivity contribution in [1.29, 1.82) is 0 Å². The molecule has 1 unspecified atom stereocenters. The summed E-state index contributed by atoms with van der Waals surface area (Å²) >= 11 is 0. The Balaban J connectivity index is 5.12. The van der Waals surface area contributed by atoms with Gasteiger partial charge in [-0.2, -0.15) is 26.3 Å². The first-order valence-corrected chi connectivity index (χ1v) is 6.65. The number of hydrogen-bond donors (Lipinski definition) is 0. The number of halogens is 6. The fourth-order valence-electron chi connectivity index (χ4n) is 1.06. The smallest absolute Gasteiger partial charge is 0.412 e. The Morgan fingerprint density at radius 3 is 1.65 bits per heavy atom. The van der Waals surface area contributed by atoms with E-state index < -0.39 is 51.2 Å². The molecule has 0 rings (SSSR count). The van der Waals surface area contributed by atoms with Crippen molar-refractivity contribution in [1.82, 2.24) is 0 Å². The second kappa shape index (κ2) is 6.77. The summed E-state index contributed by atoms with van der Waals surface area (Å²) in [5.41, 5.74) is -2.23. The van der Waals surface area contributed by atoms with E-state index in [0.717, 1.165) is 6.92 Å². The molecule has 0 bridgehead atoms. The van der Waals surface area contributed by atoms with Gasteiger partial charge in [-0.15, -0.1) is 0 Å². The van der Waals surface area contributed by atoms with Crippen molar-refractivity contribution in [3.8, 4) is 0 Å². The van der Waals surface area contributed by atoms with Crippen LogP contribution in [0.1, 0.15) is 13.3 Å². The minimum Gasteiger partial charge on any atom is -0.549 e. The summed E-state index contributed by atoms with van der Waals surface area (Å²) in [6.07, 6.45) is -10.6. The standard InChI is InChI=1S/C8H11F6O5P/c1-2-5(6(15)16)20(17,18-3-7(9,10)11)19-4-8(12,13)14/h5H,2-4H2,1H3,(H,15,16)/p-1. The first-order chi connectivity index (χ1) is 8.81. The van der Waals surface area contributed by atoms with E-state index in [1.54, 1.807) is 0 Å². The Kier molecular flexibility index (Phi) is 6.50. The zero-order valence-corrected chi connectivity index (χ0v) is 10.8. The summed E-state index contributed by atoms with van der Waals surface area (Å²) in [5.74, 6) is -2.12. The van der Waals surface area contributed by atoms with Crippen LogP contribution in [0.15, 0.2) is 0 Å². The molecule has 0 saturated heterocycles.